The van der Waals surface area contributed by atoms with Crippen LogP contribution in [0.15, 0.2) is 0 Å². The van der Waals surface area contributed by atoms with Gasteiger partial charge in [0.05, 0.1) is 13.2 Å². The number of hydrogen-bond donors (Lipinski definition) is 0. The summed E-state index contributed by atoms with van der Waals surface area (Å²) in [6.07, 6.45) is 0. The smallest absolute Gasteiger partial charge is 0.0567 e. The Labute approximate surface area is 49.4 Å². The zero-order chi connectivity index (χ0) is 5.61. The third-order valence-corrected chi connectivity index (χ3v) is 1.93. The highest BCUT2D eigenvalue weighted by Crippen LogP contribution is 2.36. The molecule has 0 aromatic carbocycles. The molecule has 2 fully saturated rings. The van der Waals surface area contributed by atoms with Crippen LogP contribution in [-0.4, -0.2) is 31.2 Å². The summed E-state index contributed by atoms with van der Waals surface area (Å²) in [4.78, 5) is 2.09. The molecule has 0 aromatic rings. The Morgan fingerprint density at radius 3 is 2.12 bits per heavy atom. The highest BCUT2D eigenvalue weighted by atomic mass is 16.5. The van der Waals surface area contributed by atoms with Crippen molar-refractivity contribution < 1.29 is 4.74 Å². The Morgan fingerprint density at radius 2 is 2.00 bits per heavy atom. The summed E-state index contributed by atoms with van der Waals surface area (Å²) < 4.78 is 5.07. The topological polar surface area (TPSA) is 12.5 Å². The van der Waals surface area contributed by atoms with Crippen molar-refractivity contribution in [1.29, 1.82) is 0 Å². The Balaban J connectivity index is 1.92. The van der Waals surface area contributed by atoms with Crippen LogP contribution in [0.1, 0.15) is 0 Å². The van der Waals surface area contributed by atoms with Crippen molar-refractivity contribution in [3.05, 3.63) is 7.05 Å². The third kappa shape index (κ3) is 0.446. The average Bonchev–Trinajstić information content (AvgIpc) is 1.51. The molecule has 0 amide bonds. The maximum absolute atomic E-state index is 5.07. The van der Waals surface area contributed by atoms with Crippen LogP contribution in [0.3, 0.4) is 0 Å². The van der Waals surface area contributed by atoms with Crippen LogP contribution in [-0.2, 0) is 4.74 Å². The summed E-state index contributed by atoms with van der Waals surface area (Å²) in [5.41, 5.74) is 0.557. The van der Waals surface area contributed by atoms with E-state index in [0.717, 1.165) is 26.3 Å². The largest absolute Gasteiger partial charge is 0.458 e. The van der Waals surface area contributed by atoms with Crippen molar-refractivity contribution in [3.63, 3.8) is 0 Å². The van der Waals surface area contributed by atoms with Gasteiger partial charge in [-0.1, -0.05) is 0 Å². The molecule has 0 radical (unpaired) electrons. The van der Waals surface area contributed by atoms with E-state index in [-0.39, 0.29) is 0 Å². The van der Waals surface area contributed by atoms with E-state index in [1.54, 1.807) is 0 Å². The minimum Gasteiger partial charge on any atom is -0.458 e. The van der Waals surface area contributed by atoms with Crippen molar-refractivity contribution in [1.82, 2.24) is 4.90 Å². The van der Waals surface area contributed by atoms with Gasteiger partial charge in [-0.05, 0) is 13.1 Å². The van der Waals surface area contributed by atoms with Crippen LogP contribution in [0.4, 0.5) is 0 Å². The number of likely N-dealkylation sites (tertiary alicyclic amines) is 1. The fourth-order valence-electron chi connectivity index (χ4n) is 1.48. The molecule has 2 saturated heterocycles. The molecule has 1 spiro atoms. The average molecular weight is 112 g/mol. The van der Waals surface area contributed by atoms with Gasteiger partial charge in [-0.25, -0.2) is 0 Å². The zero-order valence-corrected chi connectivity index (χ0v) is 4.89. The lowest BCUT2D eigenvalue weighted by Crippen LogP contribution is -2.63. The van der Waals surface area contributed by atoms with E-state index in [9.17, 15) is 0 Å². The van der Waals surface area contributed by atoms with Crippen molar-refractivity contribution in [2.45, 2.75) is 0 Å². The first-order valence-corrected chi connectivity index (χ1v) is 2.94. The van der Waals surface area contributed by atoms with Crippen LogP contribution in [0, 0.1) is 12.5 Å². The van der Waals surface area contributed by atoms with Gasteiger partial charge < -0.3 is 9.64 Å². The fourth-order valence-corrected chi connectivity index (χ4v) is 1.48. The standard InChI is InChI=1S/C6H10NO/c1-7-2-6(3-7)4-8-5-6/h1-5H2/q-1. The molecular weight excluding hydrogens is 102 g/mol. The number of rotatable bonds is 0. The molecular formula is C6H10NO-. The molecule has 2 heterocycles. The number of nitrogens with zero attached hydrogens (tertiary/aromatic N) is 1. The highest BCUT2D eigenvalue weighted by molar-refractivity contribution is 4.98. The Bertz CT molecular complexity index is 101. The molecule has 46 valence electrons. The predicted molar refractivity (Wildman–Crippen MR) is 30.2 cm³/mol. The first-order valence-electron chi connectivity index (χ1n) is 2.94. The second kappa shape index (κ2) is 1.25. The van der Waals surface area contributed by atoms with Crippen molar-refractivity contribution >= 4 is 0 Å². The van der Waals surface area contributed by atoms with Gasteiger partial charge in [0.25, 0.3) is 0 Å². The van der Waals surface area contributed by atoms with Gasteiger partial charge >= 0.3 is 0 Å². The van der Waals surface area contributed by atoms with Crippen molar-refractivity contribution in [3.8, 4) is 0 Å². The Hall–Kier alpha value is -0.0800. The summed E-state index contributed by atoms with van der Waals surface area (Å²) in [5.74, 6) is 0. The molecule has 0 bridgehead atoms. The second-order valence-electron chi connectivity index (χ2n) is 2.98. The Kier molecular flexibility index (Phi) is 0.746. The lowest BCUT2D eigenvalue weighted by Gasteiger charge is -2.58. The van der Waals surface area contributed by atoms with E-state index in [4.69, 9.17) is 4.74 Å². The van der Waals surface area contributed by atoms with Gasteiger partial charge in [-0.15, -0.1) is 0 Å². The van der Waals surface area contributed by atoms with Gasteiger partial charge in [0.1, 0.15) is 0 Å². The molecule has 2 heteroatoms. The van der Waals surface area contributed by atoms with Crippen molar-refractivity contribution in [2.24, 2.45) is 5.41 Å². The molecule has 2 aliphatic rings. The van der Waals surface area contributed by atoms with Gasteiger partial charge in [-0.2, -0.15) is 0 Å². The fraction of sp³-hybridized carbons (Fsp3) is 0.833. The zero-order valence-electron chi connectivity index (χ0n) is 4.89. The molecule has 0 atom stereocenters. The normalized spacial score (nSPS) is 34.1. The van der Waals surface area contributed by atoms with Gasteiger partial charge in [-0.3, -0.25) is 7.05 Å². The van der Waals surface area contributed by atoms with Crippen LogP contribution < -0.4 is 0 Å². The van der Waals surface area contributed by atoms with E-state index in [1.807, 2.05) is 0 Å². The monoisotopic (exact) mass is 112 g/mol. The minimum absolute atomic E-state index is 0.557. The quantitative estimate of drug-likeness (QED) is 0.412. The summed E-state index contributed by atoms with van der Waals surface area (Å²) >= 11 is 0. The lowest BCUT2D eigenvalue weighted by atomic mass is 9.79. The summed E-state index contributed by atoms with van der Waals surface area (Å²) in [7, 11) is 3.80. The molecule has 0 unspecified atom stereocenters. The molecule has 8 heavy (non-hydrogen) atoms. The molecule has 2 rings (SSSR count). The first kappa shape index (κ1) is 4.77. The van der Waals surface area contributed by atoms with E-state index in [2.05, 4.69) is 11.9 Å². The van der Waals surface area contributed by atoms with Crippen LogP contribution in [0.5, 0.6) is 0 Å². The molecule has 0 saturated carbocycles. The lowest BCUT2D eigenvalue weighted by molar-refractivity contribution is -0.177. The number of ether oxygens (including phenoxy) is 1. The van der Waals surface area contributed by atoms with Gasteiger partial charge in [0.15, 0.2) is 0 Å². The number of hydrogen-bond acceptors (Lipinski definition) is 2. The summed E-state index contributed by atoms with van der Waals surface area (Å²) in [5, 5.41) is 0. The maximum atomic E-state index is 5.07. The predicted octanol–water partition coefficient (Wildman–Crippen LogP) is 0.110. The van der Waals surface area contributed by atoms with Crippen molar-refractivity contribution in [2.75, 3.05) is 26.3 Å². The van der Waals surface area contributed by atoms with E-state index in [0.29, 0.717) is 5.41 Å². The first-order chi connectivity index (χ1) is 3.81. The molecule has 0 aromatic heterocycles. The highest BCUT2D eigenvalue weighted by Gasteiger charge is 2.44. The molecule has 0 N–H and O–H groups in total. The maximum Gasteiger partial charge on any atom is 0.0567 e. The molecule has 2 nitrogen and oxygen atoms in total. The van der Waals surface area contributed by atoms with E-state index in [1.165, 1.54) is 0 Å². The Morgan fingerprint density at radius 1 is 1.38 bits per heavy atom. The minimum atomic E-state index is 0.557. The van der Waals surface area contributed by atoms with Crippen LogP contribution in [0.2, 0.25) is 0 Å². The van der Waals surface area contributed by atoms with E-state index >= 15 is 0 Å². The summed E-state index contributed by atoms with van der Waals surface area (Å²) in [6.45, 7) is 4.23. The molecule has 0 aliphatic carbocycles. The van der Waals surface area contributed by atoms with Gasteiger partial charge in [0.2, 0.25) is 0 Å². The van der Waals surface area contributed by atoms with Crippen LogP contribution in [0.25, 0.3) is 0 Å². The SMILES string of the molecule is [CH2-]N1CC2(COC2)C1. The molecule has 2 aliphatic heterocycles. The van der Waals surface area contributed by atoms with Gasteiger partial charge in [0, 0.05) is 5.41 Å². The van der Waals surface area contributed by atoms with E-state index < -0.39 is 0 Å². The third-order valence-electron chi connectivity index (χ3n) is 1.93. The second-order valence-corrected chi connectivity index (χ2v) is 2.98. The summed E-state index contributed by atoms with van der Waals surface area (Å²) in [6, 6.07) is 0. The van der Waals surface area contributed by atoms with Crippen LogP contribution >= 0.6 is 0 Å².